The van der Waals surface area contributed by atoms with Gasteiger partial charge in [0.1, 0.15) is 0 Å². The molecular weight excluding hydrogens is 262 g/mol. The van der Waals surface area contributed by atoms with Gasteiger partial charge in [0.2, 0.25) is 0 Å². The molecule has 2 heteroatoms. The van der Waals surface area contributed by atoms with Crippen LogP contribution in [-0.4, -0.2) is 13.1 Å². The van der Waals surface area contributed by atoms with Crippen molar-refractivity contribution in [3.63, 3.8) is 0 Å². The van der Waals surface area contributed by atoms with Gasteiger partial charge in [0.25, 0.3) is 0 Å². The van der Waals surface area contributed by atoms with E-state index in [0.717, 1.165) is 18.3 Å². The maximum absolute atomic E-state index is 3.63. The first kappa shape index (κ1) is 12.1. The molecule has 0 aromatic heterocycles. The van der Waals surface area contributed by atoms with Crippen LogP contribution in [0, 0.1) is 11.8 Å². The minimum absolute atomic E-state index is 0.603. The third-order valence-corrected chi connectivity index (χ3v) is 4.54. The summed E-state index contributed by atoms with van der Waals surface area (Å²) in [6.45, 7) is 2.38. The standard InChI is InChI=1S/C14H20BrN/c1-10(11-7-8-11)14(16-2)9-12-5-3-4-6-13(12)15/h3-6,10-11,14,16H,7-9H2,1-2H3. The summed E-state index contributed by atoms with van der Waals surface area (Å²) in [6, 6.07) is 9.14. The fourth-order valence-electron chi connectivity index (χ4n) is 2.40. The van der Waals surface area contributed by atoms with Crippen LogP contribution in [0.5, 0.6) is 0 Å². The summed E-state index contributed by atoms with van der Waals surface area (Å²) in [5.74, 6) is 1.75. The largest absolute Gasteiger partial charge is 0.316 e. The maximum Gasteiger partial charge on any atom is 0.0207 e. The van der Waals surface area contributed by atoms with Crippen LogP contribution in [0.25, 0.3) is 0 Å². The molecule has 2 rings (SSSR count). The van der Waals surface area contributed by atoms with Gasteiger partial charge in [-0.1, -0.05) is 41.1 Å². The van der Waals surface area contributed by atoms with E-state index in [1.54, 1.807) is 0 Å². The number of hydrogen-bond acceptors (Lipinski definition) is 1. The molecule has 2 unspecified atom stereocenters. The normalized spacial score (nSPS) is 19.4. The van der Waals surface area contributed by atoms with Gasteiger partial charge in [-0.25, -0.2) is 0 Å². The first-order valence-corrected chi connectivity index (χ1v) is 6.92. The molecule has 88 valence electrons. The van der Waals surface area contributed by atoms with Gasteiger partial charge in [0.15, 0.2) is 0 Å². The van der Waals surface area contributed by atoms with E-state index in [9.17, 15) is 0 Å². The van der Waals surface area contributed by atoms with Crippen molar-refractivity contribution in [1.29, 1.82) is 0 Å². The molecule has 1 fully saturated rings. The number of hydrogen-bond donors (Lipinski definition) is 1. The topological polar surface area (TPSA) is 12.0 Å². The lowest BCUT2D eigenvalue weighted by atomic mass is 9.91. The van der Waals surface area contributed by atoms with Crippen molar-refractivity contribution in [1.82, 2.24) is 5.32 Å². The van der Waals surface area contributed by atoms with Crippen molar-refractivity contribution in [2.45, 2.75) is 32.2 Å². The molecule has 1 nitrogen and oxygen atoms in total. The van der Waals surface area contributed by atoms with E-state index in [1.807, 2.05) is 0 Å². The van der Waals surface area contributed by atoms with E-state index in [0.29, 0.717) is 6.04 Å². The molecular formula is C14H20BrN. The lowest BCUT2D eigenvalue weighted by Gasteiger charge is -2.24. The Labute approximate surface area is 107 Å². The Morgan fingerprint density at radius 1 is 1.38 bits per heavy atom. The molecule has 0 radical (unpaired) electrons. The van der Waals surface area contributed by atoms with Gasteiger partial charge in [-0.3, -0.25) is 0 Å². The Morgan fingerprint density at radius 3 is 2.62 bits per heavy atom. The van der Waals surface area contributed by atoms with Crippen LogP contribution in [0.2, 0.25) is 0 Å². The molecule has 2 atom stereocenters. The Kier molecular flexibility index (Phi) is 4.04. The number of rotatable bonds is 5. The van der Waals surface area contributed by atoms with E-state index in [-0.39, 0.29) is 0 Å². The number of likely N-dealkylation sites (N-methyl/N-ethyl adjacent to an activating group) is 1. The Hall–Kier alpha value is -0.340. The smallest absolute Gasteiger partial charge is 0.0207 e. The highest BCUT2D eigenvalue weighted by molar-refractivity contribution is 9.10. The highest BCUT2D eigenvalue weighted by Gasteiger charge is 2.32. The van der Waals surface area contributed by atoms with Crippen LogP contribution < -0.4 is 5.32 Å². The van der Waals surface area contributed by atoms with Crippen LogP contribution in [0.1, 0.15) is 25.3 Å². The molecule has 1 aromatic carbocycles. The molecule has 0 spiro atoms. The summed E-state index contributed by atoms with van der Waals surface area (Å²) in [5, 5.41) is 3.48. The maximum atomic E-state index is 3.63. The van der Waals surface area contributed by atoms with Crippen molar-refractivity contribution in [3.05, 3.63) is 34.3 Å². The van der Waals surface area contributed by atoms with Gasteiger partial charge in [-0.05, 0) is 49.8 Å². The number of halogens is 1. The van der Waals surface area contributed by atoms with Crippen LogP contribution >= 0.6 is 15.9 Å². The van der Waals surface area contributed by atoms with E-state index in [4.69, 9.17) is 0 Å². The van der Waals surface area contributed by atoms with Crippen LogP contribution in [-0.2, 0) is 6.42 Å². The fourth-order valence-corrected chi connectivity index (χ4v) is 2.85. The van der Waals surface area contributed by atoms with E-state index < -0.39 is 0 Å². The van der Waals surface area contributed by atoms with Crippen molar-refractivity contribution >= 4 is 15.9 Å². The van der Waals surface area contributed by atoms with Gasteiger partial charge < -0.3 is 5.32 Å². The Morgan fingerprint density at radius 2 is 2.06 bits per heavy atom. The zero-order valence-corrected chi connectivity index (χ0v) is 11.6. The average Bonchev–Trinajstić information content (AvgIpc) is 3.11. The summed E-state index contributed by atoms with van der Waals surface area (Å²) in [6.07, 6.45) is 3.97. The molecule has 0 aliphatic heterocycles. The summed E-state index contributed by atoms with van der Waals surface area (Å²) in [5.41, 5.74) is 1.41. The van der Waals surface area contributed by atoms with Gasteiger partial charge in [-0.15, -0.1) is 0 Å². The lowest BCUT2D eigenvalue weighted by Crippen LogP contribution is -2.35. The van der Waals surface area contributed by atoms with Crippen molar-refractivity contribution < 1.29 is 0 Å². The van der Waals surface area contributed by atoms with Gasteiger partial charge >= 0.3 is 0 Å². The third kappa shape index (κ3) is 2.86. The molecule has 0 saturated heterocycles. The second-order valence-corrected chi connectivity index (χ2v) is 5.74. The predicted molar refractivity (Wildman–Crippen MR) is 72.6 cm³/mol. The highest BCUT2D eigenvalue weighted by atomic mass is 79.9. The Balaban J connectivity index is 2.03. The SMILES string of the molecule is CNC(Cc1ccccc1Br)C(C)C1CC1. The minimum Gasteiger partial charge on any atom is -0.316 e. The average molecular weight is 282 g/mol. The lowest BCUT2D eigenvalue weighted by molar-refractivity contribution is 0.357. The van der Waals surface area contributed by atoms with Crippen molar-refractivity contribution in [2.75, 3.05) is 7.05 Å². The fraction of sp³-hybridized carbons (Fsp3) is 0.571. The van der Waals surface area contributed by atoms with Crippen LogP contribution in [0.15, 0.2) is 28.7 Å². The molecule has 1 aromatic rings. The second kappa shape index (κ2) is 5.33. The second-order valence-electron chi connectivity index (χ2n) is 4.89. The molecule has 0 bridgehead atoms. The van der Waals surface area contributed by atoms with Gasteiger partial charge in [0.05, 0.1) is 0 Å². The van der Waals surface area contributed by atoms with E-state index in [1.165, 1.54) is 22.9 Å². The summed E-state index contributed by atoms with van der Waals surface area (Å²) < 4.78 is 1.23. The molecule has 0 amide bonds. The first-order chi connectivity index (χ1) is 7.72. The molecule has 16 heavy (non-hydrogen) atoms. The molecule has 1 aliphatic rings. The Bertz CT molecular complexity index is 346. The van der Waals surface area contributed by atoms with Crippen molar-refractivity contribution in [3.8, 4) is 0 Å². The molecule has 1 aliphatic carbocycles. The van der Waals surface area contributed by atoms with Crippen LogP contribution in [0.4, 0.5) is 0 Å². The zero-order chi connectivity index (χ0) is 11.5. The van der Waals surface area contributed by atoms with Crippen LogP contribution in [0.3, 0.4) is 0 Å². The molecule has 1 N–H and O–H groups in total. The highest BCUT2D eigenvalue weighted by Crippen LogP contribution is 2.39. The quantitative estimate of drug-likeness (QED) is 0.869. The minimum atomic E-state index is 0.603. The predicted octanol–water partition coefficient (Wildman–Crippen LogP) is 3.63. The monoisotopic (exact) mass is 281 g/mol. The molecule has 1 saturated carbocycles. The van der Waals surface area contributed by atoms with E-state index in [2.05, 4.69) is 59.5 Å². The summed E-state index contributed by atoms with van der Waals surface area (Å²) >= 11 is 3.63. The van der Waals surface area contributed by atoms with Gasteiger partial charge in [0, 0.05) is 10.5 Å². The number of nitrogens with one attached hydrogen (secondary N) is 1. The number of benzene rings is 1. The summed E-state index contributed by atoms with van der Waals surface area (Å²) in [7, 11) is 2.08. The zero-order valence-electron chi connectivity index (χ0n) is 10.0. The van der Waals surface area contributed by atoms with Crippen molar-refractivity contribution in [2.24, 2.45) is 11.8 Å². The third-order valence-electron chi connectivity index (χ3n) is 3.77. The van der Waals surface area contributed by atoms with E-state index >= 15 is 0 Å². The summed E-state index contributed by atoms with van der Waals surface area (Å²) in [4.78, 5) is 0. The first-order valence-electron chi connectivity index (χ1n) is 6.13. The molecule has 0 heterocycles. The van der Waals surface area contributed by atoms with Gasteiger partial charge in [-0.2, -0.15) is 0 Å².